The summed E-state index contributed by atoms with van der Waals surface area (Å²) in [6, 6.07) is 4.86. The van der Waals surface area contributed by atoms with E-state index in [1.807, 2.05) is 30.1 Å². The Morgan fingerprint density at radius 3 is 2.94 bits per heavy atom. The summed E-state index contributed by atoms with van der Waals surface area (Å²) in [6.07, 6.45) is 3.88. The van der Waals surface area contributed by atoms with Gasteiger partial charge < -0.3 is 5.32 Å². The van der Waals surface area contributed by atoms with Crippen molar-refractivity contribution in [3.05, 3.63) is 53.1 Å². The highest BCUT2D eigenvalue weighted by Gasteiger charge is 2.03. The highest BCUT2D eigenvalue weighted by molar-refractivity contribution is 5.26. The summed E-state index contributed by atoms with van der Waals surface area (Å²) >= 11 is 0. The van der Waals surface area contributed by atoms with Crippen LogP contribution in [-0.4, -0.2) is 16.3 Å². The van der Waals surface area contributed by atoms with Gasteiger partial charge in [0.1, 0.15) is 5.82 Å². The number of hydrogen-bond donors (Lipinski definition) is 1. The van der Waals surface area contributed by atoms with Crippen LogP contribution in [0.15, 0.2) is 30.6 Å². The molecule has 0 aliphatic heterocycles. The van der Waals surface area contributed by atoms with E-state index >= 15 is 0 Å². The number of nitrogens with one attached hydrogen (secondary N) is 1. The van der Waals surface area contributed by atoms with Crippen LogP contribution in [0.25, 0.3) is 0 Å². The smallest absolute Gasteiger partial charge is 0.123 e. The highest BCUT2D eigenvalue weighted by Crippen LogP contribution is 2.11. The van der Waals surface area contributed by atoms with Crippen LogP contribution in [0.5, 0.6) is 0 Å². The molecule has 1 aromatic heterocycles. The van der Waals surface area contributed by atoms with Crippen molar-refractivity contribution in [1.29, 1.82) is 0 Å². The molecule has 0 amide bonds. The lowest BCUT2D eigenvalue weighted by molar-refractivity contribution is 0.622. The first-order chi connectivity index (χ1) is 8.69. The average Bonchev–Trinajstić information content (AvgIpc) is 2.78. The third-order valence-corrected chi connectivity index (χ3v) is 2.90. The number of aromatic nitrogens is 2. The van der Waals surface area contributed by atoms with E-state index in [-0.39, 0.29) is 5.82 Å². The lowest BCUT2D eigenvalue weighted by Gasteiger charge is -2.06. The Kier molecular flexibility index (Phi) is 4.10. The minimum Gasteiger partial charge on any atom is -0.313 e. The first-order valence-electron chi connectivity index (χ1n) is 6.16. The van der Waals surface area contributed by atoms with Crippen molar-refractivity contribution < 1.29 is 4.39 Å². The van der Waals surface area contributed by atoms with Gasteiger partial charge in [0.25, 0.3) is 0 Å². The van der Waals surface area contributed by atoms with Gasteiger partial charge in [0.2, 0.25) is 0 Å². The summed E-state index contributed by atoms with van der Waals surface area (Å²) < 4.78 is 14.9. The van der Waals surface area contributed by atoms with E-state index in [4.69, 9.17) is 0 Å². The van der Waals surface area contributed by atoms with Crippen molar-refractivity contribution in [3.8, 4) is 0 Å². The molecule has 0 bridgehead atoms. The van der Waals surface area contributed by atoms with Crippen molar-refractivity contribution in [2.24, 2.45) is 0 Å². The molecule has 2 aromatic rings. The molecule has 1 N–H and O–H groups in total. The largest absolute Gasteiger partial charge is 0.313 e. The molecular formula is C14H18FN3. The molecule has 1 heterocycles. The molecule has 0 fully saturated rings. The Balaban J connectivity index is 2.06. The molecule has 0 aliphatic carbocycles. The molecule has 2 rings (SSSR count). The maximum absolute atomic E-state index is 13.0. The molecule has 0 radical (unpaired) electrons. The topological polar surface area (TPSA) is 29.9 Å². The lowest BCUT2D eigenvalue weighted by atomic mass is 10.1. The van der Waals surface area contributed by atoms with E-state index in [1.165, 1.54) is 6.07 Å². The van der Waals surface area contributed by atoms with Crippen molar-refractivity contribution in [1.82, 2.24) is 15.1 Å². The molecular weight excluding hydrogens is 229 g/mol. The highest BCUT2D eigenvalue weighted by atomic mass is 19.1. The van der Waals surface area contributed by atoms with Gasteiger partial charge in [0.15, 0.2) is 0 Å². The van der Waals surface area contributed by atoms with Crippen LogP contribution in [-0.2, 0) is 13.1 Å². The molecule has 0 spiro atoms. The second-order valence-electron chi connectivity index (χ2n) is 4.40. The Morgan fingerprint density at radius 2 is 2.22 bits per heavy atom. The molecule has 0 saturated carbocycles. The lowest BCUT2D eigenvalue weighted by Crippen LogP contribution is -2.11. The first kappa shape index (κ1) is 12.8. The van der Waals surface area contributed by atoms with E-state index in [9.17, 15) is 4.39 Å². The van der Waals surface area contributed by atoms with Gasteiger partial charge >= 0.3 is 0 Å². The average molecular weight is 247 g/mol. The molecule has 0 atom stereocenters. The van der Waals surface area contributed by atoms with Crippen LogP contribution in [0.4, 0.5) is 4.39 Å². The number of nitrogens with zero attached hydrogens (tertiary/aromatic N) is 2. The summed E-state index contributed by atoms with van der Waals surface area (Å²) in [5, 5.41) is 7.57. The van der Waals surface area contributed by atoms with E-state index in [2.05, 4.69) is 17.3 Å². The maximum Gasteiger partial charge on any atom is 0.123 e. The molecule has 18 heavy (non-hydrogen) atoms. The van der Waals surface area contributed by atoms with Gasteiger partial charge in [0.05, 0.1) is 12.7 Å². The Morgan fingerprint density at radius 1 is 1.39 bits per heavy atom. The van der Waals surface area contributed by atoms with Crippen molar-refractivity contribution in [3.63, 3.8) is 0 Å². The molecule has 0 saturated heterocycles. The predicted molar refractivity (Wildman–Crippen MR) is 69.8 cm³/mol. The minimum atomic E-state index is -0.190. The summed E-state index contributed by atoms with van der Waals surface area (Å²) in [7, 11) is 0. The van der Waals surface area contributed by atoms with Crippen LogP contribution >= 0.6 is 0 Å². The Hall–Kier alpha value is -1.68. The van der Waals surface area contributed by atoms with Gasteiger partial charge in [-0.3, -0.25) is 4.68 Å². The predicted octanol–water partition coefficient (Wildman–Crippen LogP) is 2.49. The van der Waals surface area contributed by atoms with Gasteiger partial charge in [-0.1, -0.05) is 13.0 Å². The van der Waals surface area contributed by atoms with Gasteiger partial charge in [-0.2, -0.15) is 5.10 Å². The molecule has 0 unspecified atom stereocenters. The fourth-order valence-electron chi connectivity index (χ4n) is 1.86. The van der Waals surface area contributed by atoms with Gasteiger partial charge in [0, 0.05) is 18.3 Å². The molecule has 0 aliphatic rings. The number of halogens is 1. The van der Waals surface area contributed by atoms with Gasteiger partial charge in [-0.25, -0.2) is 4.39 Å². The maximum atomic E-state index is 13.0. The normalized spacial score (nSPS) is 10.8. The van der Waals surface area contributed by atoms with Crippen molar-refractivity contribution >= 4 is 0 Å². The Labute approximate surface area is 107 Å². The van der Waals surface area contributed by atoms with Gasteiger partial charge in [-0.15, -0.1) is 0 Å². The number of aryl methyl sites for hydroxylation is 1. The van der Waals surface area contributed by atoms with Crippen LogP contribution in [0.3, 0.4) is 0 Å². The van der Waals surface area contributed by atoms with E-state index in [0.29, 0.717) is 6.54 Å². The summed E-state index contributed by atoms with van der Waals surface area (Å²) in [6.45, 7) is 6.45. The third kappa shape index (κ3) is 3.17. The zero-order chi connectivity index (χ0) is 13.0. The molecule has 96 valence electrons. The minimum absolute atomic E-state index is 0.190. The van der Waals surface area contributed by atoms with E-state index in [1.54, 1.807) is 6.07 Å². The zero-order valence-corrected chi connectivity index (χ0v) is 10.8. The van der Waals surface area contributed by atoms with Crippen LogP contribution in [0.1, 0.15) is 23.6 Å². The summed E-state index contributed by atoms with van der Waals surface area (Å²) in [5.74, 6) is -0.190. The Bertz CT molecular complexity index is 520. The molecule has 3 nitrogen and oxygen atoms in total. The summed E-state index contributed by atoms with van der Waals surface area (Å²) in [4.78, 5) is 0. The number of benzene rings is 1. The number of hydrogen-bond acceptors (Lipinski definition) is 2. The summed E-state index contributed by atoms with van der Waals surface area (Å²) in [5.41, 5.74) is 3.21. The third-order valence-electron chi connectivity index (χ3n) is 2.90. The molecule has 4 heteroatoms. The first-order valence-corrected chi connectivity index (χ1v) is 6.16. The number of rotatable bonds is 5. The van der Waals surface area contributed by atoms with Crippen LogP contribution in [0.2, 0.25) is 0 Å². The fourth-order valence-corrected chi connectivity index (χ4v) is 1.86. The van der Waals surface area contributed by atoms with Crippen molar-refractivity contribution in [2.75, 3.05) is 6.54 Å². The second-order valence-corrected chi connectivity index (χ2v) is 4.40. The monoisotopic (exact) mass is 247 g/mol. The van der Waals surface area contributed by atoms with E-state index < -0.39 is 0 Å². The SMILES string of the molecule is CCNCc1cnn(Cc2ccc(F)cc2C)c1. The van der Waals surface area contributed by atoms with Gasteiger partial charge in [-0.05, 0) is 36.7 Å². The quantitative estimate of drug-likeness (QED) is 0.879. The standard InChI is InChI=1S/C14H18FN3/c1-3-16-7-12-8-17-18(9-12)10-13-4-5-14(15)6-11(13)2/h4-6,8-9,16H,3,7,10H2,1-2H3. The van der Waals surface area contributed by atoms with Crippen molar-refractivity contribution in [2.45, 2.75) is 26.9 Å². The molecule has 1 aromatic carbocycles. The van der Waals surface area contributed by atoms with Crippen LogP contribution in [0, 0.1) is 12.7 Å². The zero-order valence-electron chi connectivity index (χ0n) is 10.8. The fraction of sp³-hybridized carbons (Fsp3) is 0.357. The van der Waals surface area contributed by atoms with E-state index in [0.717, 1.165) is 29.8 Å². The van der Waals surface area contributed by atoms with Crippen LogP contribution < -0.4 is 5.32 Å². The second kappa shape index (κ2) is 5.78.